The first-order valence-corrected chi connectivity index (χ1v) is 5.32. The zero-order valence-corrected chi connectivity index (χ0v) is 9.43. The number of hydrogen-bond donors (Lipinski definition) is 1. The highest BCUT2D eigenvalue weighted by Gasteiger charge is 2.27. The summed E-state index contributed by atoms with van der Waals surface area (Å²) in [4.78, 5) is 12.5. The van der Waals surface area contributed by atoms with Gasteiger partial charge in [0.25, 0.3) is 5.69 Å². The molecule has 1 aliphatic rings. The first-order valence-electron chi connectivity index (χ1n) is 5.32. The van der Waals surface area contributed by atoms with Gasteiger partial charge in [0.2, 0.25) is 0 Å². The normalized spacial score (nSPS) is 14.6. The molecule has 86 valence electrons. The molecule has 0 aromatic heterocycles. The summed E-state index contributed by atoms with van der Waals surface area (Å²) >= 11 is 0. The molecule has 1 N–H and O–H groups in total. The van der Waals surface area contributed by atoms with E-state index in [1.54, 1.807) is 19.2 Å². The maximum Gasteiger partial charge on any atom is 0.273 e. The summed E-state index contributed by atoms with van der Waals surface area (Å²) in [5, 5.41) is 13.7. The molecule has 0 amide bonds. The highest BCUT2D eigenvalue weighted by atomic mass is 16.6. The van der Waals surface area contributed by atoms with Crippen LogP contribution in [-0.2, 0) is 0 Å². The Balaban J connectivity index is 2.35. The first-order chi connectivity index (χ1) is 7.61. The van der Waals surface area contributed by atoms with Gasteiger partial charge in [-0.25, -0.2) is 0 Å². The van der Waals surface area contributed by atoms with Crippen LogP contribution in [0.25, 0.3) is 0 Å². The number of nitro groups is 1. The molecule has 0 heterocycles. The summed E-state index contributed by atoms with van der Waals surface area (Å²) in [6, 6.07) is 5.65. The van der Waals surface area contributed by atoms with Gasteiger partial charge in [-0.3, -0.25) is 10.1 Å². The molecule has 0 atom stereocenters. The van der Waals surface area contributed by atoms with Crippen molar-refractivity contribution >= 4 is 17.1 Å². The SMILES string of the molecule is CNc1cc(N(C)C2CC2)cc([N+](=O)[O-])c1. The monoisotopic (exact) mass is 221 g/mol. The average molecular weight is 221 g/mol. The van der Waals surface area contributed by atoms with Gasteiger partial charge in [-0.2, -0.15) is 0 Å². The lowest BCUT2D eigenvalue weighted by Gasteiger charge is -2.19. The van der Waals surface area contributed by atoms with Crippen molar-refractivity contribution in [1.82, 2.24) is 0 Å². The van der Waals surface area contributed by atoms with Crippen LogP contribution in [0.4, 0.5) is 17.1 Å². The fourth-order valence-electron chi connectivity index (χ4n) is 1.72. The van der Waals surface area contributed by atoms with Gasteiger partial charge in [0.15, 0.2) is 0 Å². The number of nitrogens with zero attached hydrogens (tertiary/aromatic N) is 2. The molecule has 5 heteroatoms. The minimum atomic E-state index is -0.356. The van der Waals surface area contributed by atoms with E-state index in [-0.39, 0.29) is 10.6 Å². The van der Waals surface area contributed by atoms with Gasteiger partial charge in [-0.15, -0.1) is 0 Å². The maximum atomic E-state index is 10.8. The molecular weight excluding hydrogens is 206 g/mol. The van der Waals surface area contributed by atoms with E-state index < -0.39 is 0 Å². The van der Waals surface area contributed by atoms with E-state index in [1.165, 1.54) is 12.8 Å². The van der Waals surface area contributed by atoms with E-state index in [1.807, 2.05) is 13.1 Å². The molecule has 1 aliphatic carbocycles. The Kier molecular flexibility index (Phi) is 2.68. The fraction of sp³-hybridized carbons (Fsp3) is 0.455. The zero-order chi connectivity index (χ0) is 11.7. The van der Waals surface area contributed by atoms with Crippen molar-refractivity contribution in [3.63, 3.8) is 0 Å². The Morgan fingerprint density at radius 2 is 2.12 bits per heavy atom. The molecular formula is C11H15N3O2. The predicted octanol–water partition coefficient (Wildman–Crippen LogP) is 2.24. The van der Waals surface area contributed by atoms with E-state index in [0.717, 1.165) is 11.4 Å². The van der Waals surface area contributed by atoms with Crippen LogP contribution >= 0.6 is 0 Å². The number of nitro benzene ring substituents is 1. The zero-order valence-electron chi connectivity index (χ0n) is 9.43. The third kappa shape index (κ3) is 2.08. The Morgan fingerprint density at radius 3 is 2.62 bits per heavy atom. The Hall–Kier alpha value is -1.78. The first kappa shape index (κ1) is 10.7. The molecule has 1 saturated carbocycles. The van der Waals surface area contributed by atoms with Crippen LogP contribution in [0.3, 0.4) is 0 Å². The van der Waals surface area contributed by atoms with E-state index in [0.29, 0.717) is 6.04 Å². The second-order valence-electron chi connectivity index (χ2n) is 4.09. The van der Waals surface area contributed by atoms with Crippen LogP contribution in [0.2, 0.25) is 0 Å². The van der Waals surface area contributed by atoms with Crippen molar-refractivity contribution in [3.8, 4) is 0 Å². The lowest BCUT2D eigenvalue weighted by atomic mass is 10.2. The molecule has 0 spiro atoms. The number of hydrogen-bond acceptors (Lipinski definition) is 4. The van der Waals surface area contributed by atoms with Crippen molar-refractivity contribution < 1.29 is 4.92 Å². The molecule has 16 heavy (non-hydrogen) atoms. The van der Waals surface area contributed by atoms with Gasteiger partial charge in [0.05, 0.1) is 4.92 Å². The minimum Gasteiger partial charge on any atom is -0.388 e. The molecule has 0 saturated heterocycles. The molecule has 1 fully saturated rings. The minimum absolute atomic E-state index is 0.134. The molecule has 1 aromatic carbocycles. The van der Waals surface area contributed by atoms with E-state index >= 15 is 0 Å². The van der Waals surface area contributed by atoms with Crippen LogP contribution < -0.4 is 10.2 Å². The van der Waals surface area contributed by atoms with Crippen molar-refractivity contribution in [2.24, 2.45) is 0 Å². The van der Waals surface area contributed by atoms with Crippen LogP contribution in [0.5, 0.6) is 0 Å². The van der Waals surface area contributed by atoms with Gasteiger partial charge >= 0.3 is 0 Å². The Labute approximate surface area is 94.2 Å². The van der Waals surface area contributed by atoms with Crippen LogP contribution in [0.15, 0.2) is 18.2 Å². The average Bonchev–Trinajstić information content (AvgIpc) is 3.11. The van der Waals surface area contributed by atoms with Gasteiger partial charge in [0.1, 0.15) is 0 Å². The van der Waals surface area contributed by atoms with Crippen molar-refractivity contribution in [3.05, 3.63) is 28.3 Å². The number of benzene rings is 1. The molecule has 0 aliphatic heterocycles. The van der Waals surface area contributed by atoms with Crippen LogP contribution in [0, 0.1) is 10.1 Å². The molecule has 0 bridgehead atoms. The van der Waals surface area contributed by atoms with Crippen molar-refractivity contribution in [2.75, 3.05) is 24.3 Å². The Morgan fingerprint density at radius 1 is 1.44 bits per heavy atom. The Bertz CT molecular complexity index is 416. The number of nitrogens with one attached hydrogen (secondary N) is 1. The van der Waals surface area contributed by atoms with Crippen LogP contribution in [0.1, 0.15) is 12.8 Å². The third-order valence-electron chi connectivity index (χ3n) is 2.90. The maximum absolute atomic E-state index is 10.8. The lowest BCUT2D eigenvalue weighted by Crippen LogP contribution is -2.19. The van der Waals surface area contributed by atoms with Crippen LogP contribution in [-0.4, -0.2) is 25.1 Å². The summed E-state index contributed by atoms with van der Waals surface area (Å²) in [5.41, 5.74) is 1.81. The molecule has 0 unspecified atom stereocenters. The van der Waals surface area contributed by atoms with Gasteiger partial charge < -0.3 is 10.2 Å². The van der Waals surface area contributed by atoms with E-state index in [4.69, 9.17) is 0 Å². The molecule has 0 radical (unpaired) electrons. The second-order valence-corrected chi connectivity index (χ2v) is 4.09. The molecule has 1 aromatic rings. The van der Waals surface area contributed by atoms with Gasteiger partial charge in [-0.1, -0.05) is 0 Å². The highest BCUT2D eigenvalue weighted by molar-refractivity contribution is 5.64. The quantitative estimate of drug-likeness (QED) is 0.625. The smallest absolute Gasteiger partial charge is 0.273 e. The number of non-ortho nitro benzene ring substituents is 1. The van der Waals surface area contributed by atoms with Crippen molar-refractivity contribution in [1.29, 1.82) is 0 Å². The van der Waals surface area contributed by atoms with Crippen molar-refractivity contribution in [2.45, 2.75) is 18.9 Å². The summed E-state index contributed by atoms with van der Waals surface area (Å²) in [6.07, 6.45) is 2.35. The lowest BCUT2D eigenvalue weighted by molar-refractivity contribution is -0.384. The van der Waals surface area contributed by atoms with E-state index in [9.17, 15) is 10.1 Å². The summed E-state index contributed by atoms with van der Waals surface area (Å²) in [5.74, 6) is 0. The standard InChI is InChI=1S/C11H15N3O2/c1-12-8-5-10(13(2)9-3-4-9)7-11(6-8)14(15)16/h5-7,9,12H,3-4H2,1-2H3. The largest absolute Gasteiger partial charge is 0.388 e. The summed E-state index contributed by atoms with van der Waals surface area (Å²) in [6.45, 7) is 0. The van der Waals surface area contributed by atoms with E-state index in [2.05, 4.69) is 10.2 Å². The third-order valence-corrected chi connectivity index (χ3v) is 2.90. The van der Waals surface area contributed by atoms with Gasteiger partial charge in [-0.05, 0) is 18.9 Å². The summed E-state index contributed by atoms with van der Waals surface area (Å²) in [7, 11) is 3.75. The van der Waals surface area contributed by atoms with Gasteiger partial charge in [0, 0.05) is 43.6 Å². The highest BCUT2D eigenvalue weighted by Crippen LogP contribution is 2.33. The fourth-order valence-corrected chi connectivity index (χ4v) is 1.72. The number of anilines is 2. The number of rotatable bonds is 4. The summed E-state index contributed by atoms with van der Waals surface area (Å²) < 4.78 is 0. The second kappa shape index (κ2) is 4.00. The molecule has 2 rings (SSSR count). The predicted molar refractivity (Wildman–Crippen MR) is 64.1 cm³/mol. The molecule has 5 nitrogen and oxygen atoms in total. The topological polar surface area (TPSA) is 58.4 Å².